The summed E-state index contributed by atoms with van der Waals surface area (Å²) in [4.78, 5) is 27.3. The number of hydrogen-bond acceptors (Lipinski definition) is 6. The number of pyridine rings is 1. The molecule has 0 saturated carbocycles. The zero-order valence-electron chi connectivity index (χ0n) is 15.4. The summed E-state index contributed by atoms with van der Waals surface area (Å²) in [5.41, 5.74) is 0.677. The first-order valence-electron chi connectivity index (χ1n) is 9.58. The van der Waals surface area contributed by atoms with E-state index < -0.39 is 0 Å². The van der Waals surface area contributed by atoms with E-state index in [0.29, 0.717) is 18.4 Å². The Kier molecular flexibility index (Phi) is 5.29. The fraction of sp³-hybridized carbons (Fsp3) is 0.500. The highest BCUT2D eigenvalue weighted by molar-refractivity contribution is 5.78. The number of amides is 1. The SMILES string of the molecule is O=C(Cc1ccccn1)N1CCC2(CC1)CC(Nc1ncccn1)CCO2. The summed E-state index contributed by atoms with van der Waals surface area (Å²) in [6.07, 6.45) is 9.20. The standard InChI is InChI=1S/C20H25N5O2/c26-18(14-16-4-1-2-8-21-16)25-11-6-20(7-12-25)15-17(5-13-27-20)24-19-22-9-3-10-23-19/h1-4,8-10,17H,5-7,11-15H2,(H,22,23,24). The molecule has 2 fully saturated rings. The van der Waals surface area contributed by atoms with Crippen LogP contribution in [0.4, 0.5) is 5.95 Å². The first-order valence-corrected chi connectivity index (χ1v) is 9.58. The molecule has 4 heterocycles. The highest BCUT2D eigenvalue weighted by Gasteiger charge is 2.41. The van der Waals surface area contributed by atoms with Crippen molar-refractivity contribution in [3.63, 3.8) is 0 Å². The van der Waals surface area contributed by atoms with Crippen LogP contribution in [0.15, 0.2) is 42.9 Å². The average Bonchev–Trinajstić information content (AvgIpc) is 2.70. The van der Waals surface area contributed by atoms with Gasteiger partial charge in [0.15, 0.2) is 0 Å². The first kappa shape index (κ1) is 17.9. The maximum atomic E-state index is 12.6. The Morgan fingerprint density at radius 1 is 1.15 bits per heavy atom. The Morgan fingerprint density at radius 3 is 2.67 bits per heavy atom. The molecule has 142 valence electrons. The Bertz CT molecular complexity index is 747. The number of rotatable bonds is 4. The number of nitrogens with zero attached hydrogens (tertiary/aromatic N) is 4. The van der Waals surface area contributed by atoms with Gasteiger partial charge in [0.2, 0.25) is 11.9 Å². The van der Waals surface area contributed by atoms with Gasteiger partial charge in [-0.3, -0.25) is 9.78 Å². The molecule has 1 unspecified atom stereocenters. The van der Waals surface area contributed by atoms with Crippen LogP contribution < -0.4 is 5.32 Å². The number of aromatic nitrogens is 3. The summed E-state index contributed by atoms with van der Waals surface area (Å²) in [5.74, 6) is 0.814. The van der Waals surface area contributed by atoms with Crippen LogP contribution >= 0.6 is 0 Å². The summed E-state index contributed by atoms with van der Waals surface area (Å²) >= 11 is 0. The molecule has 0 bridgehead atoms. The van der Waals surface area contributed by atoms with Crippen molar-refractivity contribution in [2.45, 2.75) is 43.7 Å². The van der Waals surface area contributed by atoms with E-state index in [4.69, 9.17) is 4.74 Å². The summed E-state index contributed by atoms with van der Waals surface area (Å²) in [7, 11) is 0. The molecule has 7 heteroatoms. The van der Waals surface area contributed by atoms with Crippen LogP contribution in [0.3, 0.4) is 0 Å². The van der Waals surface area contributed by atoms with Crippen LogP contribution in [-0.2, 0) is 16.0 Å². The molecule has 4 rings (SSSR count). The number of anilines is 1. The number of piperidine rings is 1. The van der Waals surface area contributed by atoms with Crippen molar-refractivity contribution in [1.82, 2.24) is 19.9 Å². The molecule has 1 atom stereocenters. The number of carbonyl (C=O) groups is 1. The minimum atomic E-state index is -0.146. The maximum Gasteiger partial charge on any atom is 0.228 e. The van der Waals surface area contributed by atoms with Gasteiger partial charge in [-0.05, 0) is 43.9 Å². The second-order valence-corrected chi connectivity index (χ2v) is 7.32. The zero-order chi connectivity index (χ0) is 18.5. The quantitative estimate of drug-likeness (QED) is 0.891. The highest BCUT2D eigenvalue weighted by Crippen LogP contribution is 2.35. The van der Waals surface area contributed by atoms with Gasteiger partial charge in [-0.25, -0.2) is 9.97 Å². The van der Waals surface area contributed by atoms with E-state index in [1.54, 1.807) is 18.6 Å². The molecule has 2 aromatic heterocycles. The molecule has 2 aromatic rings. The molecule has 7 nitrogen and oxygen atoms in total. The lowest BCUT2D eigenvalue weighted by molar-refractivity contribution is -0.142. The van der Waals surface area contributed by atoms with E-state index in [1.165, 1.54) is 0 Å². The molecular weight excluding hydrogens is 342 g/mol. The molecule has 2 saturated heterocycles. The van der Waals surface area contributed by atoms with Crippen molar-refractivity contribution in [1.29, 1.82) is 0 Å². The minimum Gasteiger partial charge on any atom is -0.375 e. The molecule has 27 heavy (non-hydrogen) atoms. The Morgan fingerprint density at radius 2 is 1.93 bits per heavy atom. The molecule has 1 spiro atoms. The predicted molar refractivity (Wildman–Crippen MR) is 101 cm³/mol. The summed E-state index contributed by atoms with van der Waals surface area (Å²) < 4.78 is 6.19. The number of nitrogens with one attached hydrogen (secondary N) is 1. The molecule has 1 N–H and O–H groups in total. The number of hydrogen-bond donors (Lipinski definition) is 1. The predicted octanol–water partition coefficient (Wildman–Crippen LogP) is 2.07. The maximum absolute atomic E-state index is 12.6. The zero-order valence-corrected chi connectivity index (χ0v) is 15.4. The van der Waals surface area contributed by atoms with Gasteiger partial charge in [-0.2, -0.15) is 0 Å². The van der Waals surface area contributed by atoms with Crippen molar-refractivity contribution in [2.24, 2.45) is 0 Å². The molecule has 0 radical (unpaired) electrons. The molecule has 2 aliphatic rings. The van der Waals surface area contributed by atoms with E-state index in [1.807, 2.05) is 29.2 Å². The lowest BCUT2D eigenvalue weighted by Gasteiger charge is -2.46. The fourth-order valence-corrected chi connectivity index (χ4v) is 3.99. The third kappa shape index (κ3) is 4.42. The minimum absolute atomic E-state index is 0.145. The van der Waals surface area contributed by atoms with Gasteiger partial charge < -0.3 is 15.0 Å². The topological polar surface area (TPSA) is 80.2 Å². The molecule has 2 aliphatic heterocycles. The molecule has 0 aromatic carbocycles. The highest BCUT2D eigenvalue weighted by atomic mass is 16.5. The number of ether oxygens (including phenoxy) is 1. The van der Waals surface area contributed by atoms with E-state index in [2.05, 4.69) is 20.3 Å². The van der Waals surface area contributed by atoms with Gasteiger partial charge in [0.05, 0.1) is 12.0 Å². The van der Waals surface area contributed by atoms with E-state index in [-0.39, 0.29) is 11.5 Å². The van der Waals surface area contributed by atoms with Crippen molar-refractivity contribution in [2.75, 3.05) is 25.0 Å². The van der Waals surface area contributed by atoms with Gasteiger partial charge in [0.1, 0.15) is 0 Å². The summed E-state index contributed by atoms with van der Waals surface area (Å²) in [6, 6.07) is 7.80. The van der Waals surface area contributed by atoms with Crippen molar-refractivity contribution >= 4 is 11.9 Å². The molecule has 0 aliphatic carbocycles. The molecule has 1 amide bonds. The lowest BCUT2D eigenvalue weighted by Crippen LogP contribution is -2.53. The Hall–Kier alpha value is -2.54. The summed E-state index contributed by atoms with van der Waals surface area (Å²) in [6.45, 7) is 2.20. The van der Waals surface area contributed by atoms with Crippen LogP contribution in [0.2, 0.25) is 0 Å². The van der Waals surface area contributed by atoms with Crippen LogP contribution in [-0.4, -0.2) is 57.1 Å². The lowest BCUT2D eigenvalue weighted by atomic mass is 9.82. The van der Waals surface area contributed by atoms with Crippen molar-refractivity contribution in [3.05, 3.63) is 48.5 Å². The normalized spacial score (nSPS) is 21.8. The second kappa shape index (κ2) is 8.00. The van der Waals surface area contributed by atoms with Crippen LogP contribution in [0.5, 0.6) is 0 Å². The van der Waals surface area contributed by atoms with Crippen molar-refractivity contribution in [3.8, 4) is 0 Å². The number of likely N-dealkylation sites (tertiary alicyclic amines) is 1. The van der Waals surface area contributed by atoms with Gasteiger partial charge in [-0.1, -0.05) is 6.07 Å². The monoisotopic (exact) mass is 367 g/mol. The van der Waals surface area contributed by atoms with E-state index >= 15 is 0 Å². The van der Waals surface area contributed by atoms with E-state index in [0.717, 1.165) is 51.1 Å². The van der Waals surface area contributed by atoms with Gasteiger partial charge in [0.25, 0.3) is 0 Å². The second-order valence-electron chi connectivity index (χ2n) is 7.32. The number of carbonyl (C=O) groups excluding carboxylic acids is 1. The van der Waals surface area contributed by atoms with Crippen LogP contribution in [0.25, 0.3) is 0 Å². The Labute approximate surface area is 159 Å². The van der Waals surface area contributed by atoms with Gasteiger partial charge >= 0.3 is 0 Å². The van der Waals surface area contributed by atoms with Gasteiger partial charge in [-0.15, -0.1) is 0 Å². The van der Waals surface area contributed by atoms with Crippen LogP contribution in [0, 0.1) is 0 Å². The summed E-state index contributed by atoms with van der Waals surface area (Å²) in [5, 5.41) is 3.43. The smallest absolute Gasteiger partial charge is 0.228 e. The van der Waals surface area contributed by atoms with E-state index in [9.17, 15) is 4.79 Å². The van der Waals surface area contributed by atoms with Crippen molar-refractivity contribution < 1.29 is 9.53 Å². The van der Waals surface area contributed by atoms with Crippen LogP contribution in [0.1, 0.15) is 31.4 Å². The fourth-order valence-electron chi connectivity index (χ4n) is 3.99. The first-order chi connectivity index (χ1) is 13.2. The van der Waals surface area contributed by atoms with Gasteiger partial charge in [0, 0.05) is 50.0 Å². The third-order valence-electron chi connectivity index (χ3n) is 5.48. The molecular formula is C20H25N5O2. The Balaban J connectivity index is 1.31. The largest absolute Gasteiger partial charge is 0.375 e. The third-order valence-corrected chi connectivity index (χ3v) is 5.48. The average molecular weight is 367 g/mol.